The van der Waals surface area contributed by atoms with Gasteiger partial charge in [0.1, 0.15) is 0 Å². The average molecular weight is 278 g/mol. The predicted octanol–water partition coefficient (Wildman–Crippen LogP) is 2.34. The number of halogens is 1. The Morgan fingerprint density at radius 2 is 1.89 bits per heavy atom. The van der Waals surface area contributed by atoms with Crippen LogP contribution in [-0.2, 0) is 11.3 Å². The molecule has 1 heterocycles. The van der Waals surface area contributed by atoms with Crippen molar-refractivity contribution in [3.05, 3.63) is 69.1 Å². The second-order valence-electron chi connectivity index (χ2n) is 4.00. The van der Waals surface area contributed by atoms with E-state index in [1.807, 2.05) is 0 Å². The van der Waals surface area contributed by atoms with Gasteiger partial charge >= 0.3 is 5.97 Å². The molecule has 5 heteroatoms. The van der Waals surface area contributed by atoms with E-state index in [-0.39, 0.29) is 11.5 Å². The number of benzene rings is 1. The Morgan fingerprint density at radius 1 is 1.21 bits per heavy atom. The number of carbonyl (C=O) groups excluding carboxylic acids is 1. The van der Waals surface area contributed by atoms with Gasteiger partial charge in [-0.05, 0) is 23.8 Å². The zero-order chi connectivity index (χ0) is 13.8. The molecule has 0 aliphatic heterocycles. The SMILES string of the molecule is COC(=O)c1ccc(Cn2cc(Cl)ccc2=O)cc1. The van der Waals surface area contributed by atoms with E-state index in [1.165, 1.54) is 17.7 Å². The van der Waals surface area contributed by atoms with E-state index in [4.69, 9.17) is 11.6 Å². The minimum Gasteiger partial charge on any atom is -0.465 e. The third-order valence-corrected chi connectivity index (χ3v) is 2.90. The standard InChI is InChI=1S/C14H12ClNO3/c1-19-14(18)11-4-2-10(3-5-11)8-16-9-12(15)6-7-13(16)17/h2-7,9H,8H2,1H3. The lowest BCUT2D eigenvalue weighted by molar-refractivity contribution is 0.0600. The van der Waals surface area contributed by atoms with Crippen molar-refractivity contribution in [2.24, 2.45) is 0 Å². The van der Waals surface area contributed by atoms with E-state index in [2.05, 4.69) is 4.74 Å². The molecule has 0 radical (unpaired) electrons. The summed E-state index contributed by atoms with van der Waals surface area (Å²) in [5.74, 6) is -0.383. The van der Waals surface area contributed by atoms with E-state index in [0.29, 0.717) is 17.1 Å². The van der Waals surface area contributed by atoms with Crippen molar-refractivity contribution in [3.63, 3.8) is 0 Å². The second-order valence-corrected chi connectivity index (χ2v) is 4.44. The van der Waals surface area contributed by atoms with Crippen LogP contribution in [0.15, 0.2) is 47.4 Å². The summed E-state index contributed by atoms with van der Waals surface area (Å²) in [6, 6.07) is 9.86. The Kier molecular flexibility index (Phi) is 4.02. The van der Waals surface area contributed by atoms with Crippen molar-refractivity contribution in [2.45, 2.75) is 6.54 Å². The Hall–Kier alpha value is -2.07. The highest BCUT2D eigenvalue weighted by Gasteiger charge is 2.05. The maximum atomic E-state index is 11.6. The number of esters is 1. The molecular weight excluding hydrogens is 266 g/mol. The molecule has 0 atom stereocenters. The van der Waals surface area contributed by atoms with E-state index in [9.17, 15) is 9.59 Å². The van der Waals surface area contributed by atoms with Crippen LogP contribution in [0, 0.1) is 0 Å². The van der Waals surface area contributed by atoms with Gasteiger partial charge in [-0.1, -0.05) is 23.7 Å². The second kappa shape index (κ2) is 5.71. The number of hydrogen-bond acceptors (Lipinski definition) is 3. The summed E-state index contributed by atoms with van der Waals surface area (Å²) in [4.78, 5) is 22.9. The van der Waals surface area contributed by atoms with Crippen molar-refractivity contribution >= 4 is 17.6 Å². The molecule has 19 heavy (non-hydrogen) atoms. The molecule has 0 spiro atoms. The van der Waals surface area contributed by atoms with Gasteiger partial charge in [-0.2, -0.15) is 0 Å². The maximum absolute atomic E-state index is 11.6. The fourth-order valence-electron chi connectivity index (χ4n) is 1.69. The molecule has 0 N–H and O–H groups in total. The summed E-state index contributed by atoms with van der Waals surface area (Å²) in [5, 5.41) is 0.505. The predicted molar refractivity (Wildman–Crippen MR) is 72.6 cm³/mol. The monoisotopic (exact) mass is 277 g/mol. The minimum atomic E-state index is -0.383. The summed E-state index contributed by atoms with van der Waals surface area (Å²) in [6.45, 7) is 0.404. The molecule has 0 saturated heterocycles. The van der Waals surface area contributed by atoms with E-state index >= 15 is 0 Å². The number of aromatic nitrogens is 1. The lowest BCUT2D eigenvalue weighted by Gasteiger charge is -2.06. The number of carbonyl (C=O) groups is 1. The normalized spacial score (nSPS) is 10.2. The molecule has 0 unspecified atom stereocenters. The smallest absolute Gasteiger partial charge is 0.337 e. The zero-order valence-electron chi connectivity index (χ0n) is 10.3. The van der Waals surface area contributed by atoms with Crippen LogP contribution < -0.4 is 5.56 Å². The number of pyridine rings is 1. The third kappa shape index (κ3) is 3.23. The number of nitrogens with zero attached hydrogens (tertiary/aromatic N) is 1. The van der Waals surface area contributed by atoms with E-state index in [0.717, 1.165) is 5.56 Å². The molecule has 0 aliphatic carbocycles. The summed E-state index contributed by atoms with van der Waals surface area (Å²) in [6.07, 6.45) is 1.58. The number of hydrogen-bond donors (Lipinski definition) is 0. The molecule has 1 aromatic carbocycles. The first-order chi connectivity index (χ1) is 9.10. The summed E-state index contributed by atoms with van der Waals surface area (Å²) in [5.41, 5.74) is 1.25. The molecule has 98 valence electrons. The molecule has 0 saturated carbocycles. The van der Waals surface area contributed by atoms with Gasteiger partial charge in [0.05, 0.1) is 24.2 Å². The van der Waals surface area contributed by atoms with Gasteiger partial charge in [0.25, 0.3) is 5.56 Å². The minimum absolute atomic E-state index is 0.124. The largest absolute Gasteiger partial charge is 0.465 e. The molecule has 1 aromatic heterocycles. The number of rotatable bonds is 3. The van der Waals surface area contributed by atoms with Crippen molar-refractivity contribution in [1.29, 1.82) is 0 Å². The summed E-state index contributed by atoms with van der Waals surface area (Å²) in [7, 11) is 1.34. The molecule has 2 rings (SSSR count). The molecule has 2 aromatic rings. The first-order valence-corrected chi connectivity index (χ1v) is 6.01. The van der Waals surface area contributed by atoms with Crippen LogP contribution >= 0.6 is 11.6 Å². The fourth-order valence-corrected chi connectivity index (χ4v) is 1.87. The van der Waals surface area contributed by atoms with Crippen LogP contribution in [0.1, 0.15) is 15.9 Å². The van der Waals surface area contributed by atoms with Crippen LogP contribution in [-0.4, -0.2) is 17.6 Å². The van der Waals surface area contributed by atoms with Gasteiger partial charge in [0.15, 0.2) is 0 Å². The van der Waals surface area contributed by atoms with Gasteiger partial charge in [-0.3, -0.25) is 4.79 Å². The molecule has 0 bridgehead atoms. The molecule has 0 aliphatic rings. The molecule has 4 nitrogen and oxygen atoms in total. The van der Waals surface area contributed by atoms with Crippen molar-refractivity contribution in [1.82, 2.24) is 4.57 Å². The lowest BCUT2D eigenvalue weighted by atomic mass is 10.1. The Bertz CT molecular complexity index is 646. The number of ether oxygens (including phenoxy) is 1. The van der Waals surface area contributed by atoms with Gasteiger partial charge < -0.3 is 9.30 Å². The van der Waals surface area contributed by atoms with Crippen molar-refractivity contribution < 1.29 is 9.53 Å². The maximum Gasteiger partial charge on any atom is 0.337 e. The molecule has 0 fully saturated rings. The quantitative estimate of drug-likeness (QED) is 0.809. The average Bonchev–Trinajstić information content (AvgIpc) is 2.43. The Morgan fingerprint density at radius 3 is 2.53 bits per heavy atom. The first-order valence-electron chi connectivity index (χ1n) is 5.63. The highest BCUT2D eigenvalue weighted by Crippen LogP contribution is 2.09. The summed E-state index contributed by atoms with van der Waals surface area (Å²) >= 11 is 5.85. The Labute approximate surface area is 115 Å². The van der Waals surface area contributed by atoms with E-state index in [1.54, 1.807) is 36.5 Å². The van der Waals surface area contributed by atoms with Crippen LogP contribution in [0.3, 0.4) is 0 Å². The lowest BCUT2D eigenvalue weighted by Crippen LogP contribution is -2.18. The topological polar surface area (TPSA) is 48.3 Å². The highest BCUT2D eigenvalue weighted by molar-refractivity contribution is 6.30. The zero-order valence-corrected chi connectivity index (χ0v) is 11.1. The van der Waals surface area contributed by atoms with Crippen LogP contribution in [0.5, 0.6) is 0 Å². The van der Waals surface area contributed by atoms with Gasteiger partial charge in [0.2, 0.25) is 0 Å². The van der Waals surface area contributed by atoms with Gasteiger partial charge in [-0.15, -0.1) is 0 Å². The summed E-state index contributed by atoms with van der Waals surface area (Å²) < 4.78 is 6.13. The van der Waals surface area contributed by atoms with Crippen molar-refractivity contribution in [3.8, 4) is 0 Å². The van der Waals surface area contributed by atoms with Crippen molar-refractivity contribution in [2.75, 3.05) is 7.11 Å². The first kappa shape index (κ1) is 13.4. The Balaban J connectivity index is 2.22. The van der Waals surface area contributed by atoms with Crippen LogP contribution in [0.25, 0.3) is 0 Å². The van der Waals surface area contributed by atoms with Crippen LogP contribution in [0.4, 0.5) is 0 Å². The highest BCUT2D eigenvalue weighted by atomic mass is 35.5. The third-order valence-electron chi connectivity index (χ3n) is 2.68. The fraction of sp³-hybridized carbons (Fsp3) is 0.143. The van der Waals surface area contributed by atoms with Gasteiger partial charge in [-0.25, -0.2) is 4.79 Å². The molecular formula is C14H12ClNO3. The number of methoxy groups -OCH3 is 1. The van der Waals surface area contributed by atoms with Gasteiger partial charge in [0, 0.05) is 12.3 Å². The van der Waals surface area contributed by atoms with Crippen LogP contribution in [0.2, 0.25) is 5.02 Å². The molecule has 0 amide bonds. The van der Waals surface area contributed by atoms with E-state index < -0.39 is 0 Å².